The van der Waals surface area contributed by atoms with Gasteiger partial charge in [0.2, 0.25) is 0 Å². The van der Waals surface area contributed by atoms with Gasteiger partial charge < -0.3 is 9.80 Å². The predicted octanol–water partition coefficient (Wildman–Crippen LogP) is 7.81. The lowest BCUT2D eigenvalue weighted by molar-refractivity contribution is -0.182. The molecule has 2 saturated heterocycles. The number of aryl methyl sites for hydroxylation is 4. The number of halogens is 7. The smallest absolute Gasteiger partial charge is 0.337 e. The van der Waals surface area contributed by atoms with E-state index >= 15 is 0 Å². The molecule has 2 aliphatic carbocycles. The number of piperidine rings is 2. The van der Waals surface area contributed by atoms with Gasteiger partial charge in [-0.05, 0) is 146 Å². The molecule has 6 rings (SSSR count). The van der Waals surface area contributed by atoms with E-state index in [1.807, 2.05) is 18.2 Å². The minimum absolute atomic E-state index is 0.0169. The van der Waals surface area contributed by atoms with Crippen molar-refractivity contribution in [2.75, 3.05) is 26.2 Å². The Hall–Kier alpha value is -4.95. The van der Waals surface area contributed by atoms with Crippen molar-refractivity contribution in [2.24, 2.45) is 10.8 Å². The molecule has 2 spiro atoms. The zero-order valence-corrected chi connectivity index (χ0v) is 35.7. The van der Waals surface area contributed by atoms with E-state index in [0.717, 1.165) is 4.90 Å². The SMILES string of the molecule is CC#Cc1cc(C)c(C2C(=O)CC3(CCN(C(=O)C(F)(F)Cl)CC3)CC2=O)c(CCc2cc(C#CC)cc(C)c2C2C(=O)CC3(CCN(C(=O)C(F)(F)C(F)F)CC3)CC2=O)c1. The van der Waals surface area contributed by atoms with Crippen molar-refractivity contribution in [2.45, 2.75) is 121 Å². The van der Waals surface area contributed by atoms with Crippen LogP contribution in [0.2, 0.25) is 0 Å². The van der Waals surface area contributed by atoms with Crippen molar-refractivity contribution in [1.29, 1.82) is 0 Å². The summed E-state index contributed by atoms with van der Waals surface area (Å²) in [6, 6.07) is 7.25. The van der Waals surface area contributed by atoms with Crippen LogP contribution in [0.5, 0.6) is 0 Å². The Balaban J connectivity index is 1.27. The quantitative estimate of drug-likeness (QED) is 0.116. The van der Waals surface area contributed by atoms with Gasteiger partial charge in [0.15, 0.2) is 0 Å². The summed E-state index contributed by atoms with van der Waals surface area (Å²) >= 11 is 4.98. The summed E-state index contributed by atoms with van der Waals surface area (Å²) in [5.74, 6) is -0.137. The molecule has 0 atom stereocenters. The molecule has 2 saturated carbocycles. The molecule has 62 heavy (non-hydrogen) atoms. The summed E-state index contributed by atoms with van der Waals surface area (Å²) < 4.78 is 80.7. The van der Waals surface area contributed by atoms with E-state index in [-0.39, 0.29) is 114 Å². The largest absolute Gasteiger partial charge is 0.399 e. The van der Waals surface area contributed by atoms with Gasteiger partial charge in [-0.3, -0.25) is 28.8 Å². The van der Waals surface area contributed by atoms with Crippen LogP contribution >= 0.6 is 11.6 Å². The number of Topliss-reactive ketones (excluding diaryl/α,β-unsaturated/α-hetero) is 4. The van der Waals surface area contributed by atoms with Gasteiger partial charge in [0.05, 0.1) is 0 Å². The zero-order valence-electron chi connectivity index (χ0n) is 34.9. The van der Waals surface area contributed by atoms with Crippen molar-refractivity contribution >= 4 is 46.5 Å². The maximum atomic E-state index is 14.2. The average Bonchev–Trinajstić information content (AvgIpc) is 3.18. The number of ketones is 4. The number of nitrogens with zero attached hydrogens (tertiary/aromatic N) is 2. The van der Waals surface area contributed by atoms with Crippen molar-refractivity contribution in [3.05, 3.63) is 68.8 Å². The lowest BCUT2D eigenvalue weighted by Gasteiger charge is -2.45. The lowest BCUT2D eigenvalue weighted by atomic mass is 9.62. The van der Waals surface area contributed by atoms with Gasteiger partial charge in [-0.1, -0.05) is 11.8 Å². The number of likely N-dealkylation sites (tertiary alicyclic amines) is 2. The molecule has 0 bridgehead atoms. The summed E-state index contributed by atoms with van der Waals surface area (Å²) in [5.41, 5.74) is 3.27. The van der Waals surface area contributed by atoms with Crippen LogP contribution in [-0.4, -0.2) is 88.7 Å². The Kier molecular flexibility index (Phi) is 13.3. The van der Waals surface area contributed by atoms with Crippen molar-refractivity contribution < 1.29 is 55.1 Å². The van der Waals surface area contributed by atoms with Gasteiger partial charge in [0.25, 0.3) is 5.91 Å². The van der Waals surface area contributed by atoms with Gasteiger partial charge in [0, 0.05) is 63.0 Å². The van der Waals surface area contributed by atoms with Crippen LogP contribution < -0.4 is 0 Å². The Morgan fingerprint density at radius 3 is 1.31 bits per heavy atom. The van der Waals surface area contributed by atoms with Crippen LogP contribution in [0, 0.1) is 48.4 Å². The fourth-order valence-corrected chi connectivity index (χ4v) is 10.4. The number of hydrogen-bond acceptors (Lipinski definition) is 6. The number of benzene rings is 2. The molecule has 330 valence electrons. The molecule has 2 aliphatic heterocycles. The highest BCUT2D eigenvalue weighted by Gasteiger charge is 2.54. The summed E-state index contributed by atoms with van der Waals surface area (Å²) in [5, 5.41) is -4.05. The van der Waals surface area contributed by atoms with Crippen LogP contribution in [0.25, 0.3) is 0 Å². The Morgan fingerprint density at radius 2 is 1.00 bits per heavy atom. The van der Waals surface area contributed by atoms with E-state index in [1.165, 1.54) is 0 Å². The highest BCUT2D eigenvalue weighted by atomic mass is 35.5. The minimum Gasteiger partial charge on any atom is -0.337 e. The van der Waals surface area contributed by atoms with E-state index in [1.54, 1.807) is 33.8 Å². The Morgan fingerprint density at radius 1 is 0.661 bits per heavy atom. The number of hydrogen-bond donors (Lipinski definition) is 0. The average molecular weight is 885 g/mol. The number of rotatable bonds is 8. The first-order valence-electron chi connectivity index (χ1n) is 20.6. The second-order valence-corrected chi connectivity index (χ2v) is 17.9. The monoisotopic (exact) mass is 884 g/mol. The Bertz CT molecular complexity index is 2290. The van der Waals surface area contributed by atoms with Gasteiger partial charge in [-0.25, -0.2) is 8.78 Å². The van der Waals surface area contributed by atoms with Crippen molar-refractivity contribution in [3.8, 4) is 23.7 Å². The summed E-state index contributed by atoms with van der Waals surface area (Å²) in [4.78, 5) is 82.6. The number of alkyl halides is 7. The highest BCUT2D eigenvalue weighted by molar-refractivity contribution is 6.32. The third-order valence-corrected chi connectivity index (χ3v) is 13.4. The second kappa shape index (κ2) is 17.7. The fourth-order valence-electron chi connectivity index (χ4n) is 10.3. The van der Waals surface area contributed by atoms with E-state index in [0.29, 0.717) is 49.4 Å². The van der Waals surface area contributed by atoms with Crippen LogP contribution in [0.4, 0.5) is 26.3 Å². The Labute approximate surface area is 361 Å². The molecule has 8 nitrogen and oxygen atoms in total. The maximum Gasteiger partial charge on any atom is 0.399 e. The molecule has 0 unspecified atom stereocenters. The molecule has 4 fully saturated rings. The number of amides is 2. The molecule has 0 N–H and O–H groups in total. The molecule has 2 aromatic carbocycles. The molecule has 0 aromatic heterocycles. The third-order valence-electron chi connectivity index (χ3n) is 13.2. The van der Waals surface area contributed by atoms with E-state index in [9.17, 15) is 55.1 Å². The molecule has 2 aromatic rings. The molecular weight excluding hydrogens is 838 g/mol. The third kappa shape index (κ3) is 9.22. The van der Waals surface area contributed by atoms with Crippen molar-refractivity contribution in [1.82, 2.24) is 9.80 Å². The van der Waals surface area contributed by atoms with E-state index in [4.69, 9.17) is 11.6 Å². The van der Waals surface area contributed by atoms with E-state index in [2.05, 4.69) is 23.7 Å². The normalized spacial score (nSPS) is 20.6. The van der Waals surface area contributed by atoms with Crippen LogP contribution in [0.15, 0.2) is 24.3 Å². The van der Waals surface area contributed by atoms with Crippen LogP contribution in [0.1, 0.15) is 122 Å². The lowest BCUT2D eigenvalue weighted by Crippen LogP contribution is -2.53. The first-order valence-corrected chi connectivity index (χ1v) is 21.0. The molecule has 0 radical (unpaired) electrons. The fraction of sp³-hybridized carbons (Fsp3) is 0.532. The molecule has 4 aliphatic rings. The number of carbonyl (C=O) groups is 6. The van der Waals surface area contributed by atoms with Gasteiger partial charge >= 0.3 is 23.6 Å². The first kappa shape index (κ1) is 46.6. The highest BCUT2D eigenvalue weighted by Crippen LogP contribution is 2.49. The summed E-state index contributed by atoms with van der Waals surface area (Å²) in [7, 11) is 0. The second-order valence-electron chi connectivity index (χ2n) is 17.4. The van der Waals surface area contributed by atoms with Crippen LogP contribution in [0.3, 0.4) is 0 Å². The molecule has 2 amide bonds. The molecular formula is C47H47ClF6N2O6. The van der Waals surface area contributed by atoms with Crippen molar-refractivity contribution in [3.63, 3.8) is 0 Å². The standard InChI is InChI=1S/C47H47ClF6N2O6/c1-5-7-29-19-27(3)37(39-33(57)23-44(24-34(39)58)11-15-55(16-12-44)42(61)46(51,52)41(49)50)31(21-29)9-10-32-22-30(8-6-2)20-28(4)38(32)40-35(59)25-45(26-36(40)60)13-17-56(18-14-45)43(62)47(48,53)54/h19-22,39-41H,9-18,23-26H2,1-4H3. The van der Waals surface area contributed by atoms with Gasteiger partial charge in [-0.15, -0.1) is 11.8 Å². The van der Waals surface area contributed by atoms with Crippen LogP contribution in [-0.2, 0) is 41.6 Å². The molecule has 2 heterocycles. The van der Waals surface area contributed by atoms with Gasteiger partial charge in [0.1, 0.15) is 35.0 Å². The predicted molar refractivity (Wildman–Crippen MR) is 217 cm³/mol. The van der Waals surface area contributed by atoms with Gasteiger partial charge in [-0.2, -0.15) is 17.6 Å². The topological polar surface area (TPSA) is 109 Å². The number of carbonyl (C=O) groups excluding carboxylic acids is 6. The maximum absolute atomic E-state index is 14.2. The first-order chi connectivity index (χ1) is 29.0. The zero-order chi connectivity index (χ0) is 45.5. The summed E-state index contributed by atoms with van der Waals surface area (Å²) in [6.07, 6.45) is -3.35. The van der Waals surface area contributed by atoms with E-state index < -0.39 is 52.2 Å². The molecule has 15 heteroatoms. The minimum atomic E-state index is -4.84. The summed E-state index contributed by atoms with van der Waals surface area (Å²) in [6.45, 7) is 6.19.